The van der Waals surface area contributed by atoms with E-state index in [9.17, 15) is 0 Å². The van der Waals surface area contributed by atoms with Gasteiger partial charge in [0.25, 0.3) is 0 Å². The molecule has 1 fully saturated rings. The molecule has 0 amide bonds. The Labute approximate surface area is 205 Å². The second-order valence-electron chi connectivity index (χ2n) is 10.3. The lowest BCUT2D eigenvalue weighted by atomic mass is 9.97. The standard InChI is InChI=1S/C28H40N6/c1-18(2)23(29)16-25(30-6)34-15-12-24-22(17-34)28(33-13-10-19(3)11-14-33)32-27(31-24)26-20(4)8-7-9-21(26)5/h7-9,16,18-19,29-30H,10-15,17H2,1-6H3/b25-16+,29-23?. The van der Waals surface area contributed by atoms with Crippen LogP contribution >= 0.6 is 0 Å². The molecular weight excluding hydrogens is 420 g/mol. The number of hydrogen-bond donors (Lipinski definition) is 2. The number of nitrogens with zero attached hydrogens (tertiary/aromatic N) is 4. The largest absolute Gasteiger partial charge is 0.375 e. The highest BCUT2D eigenvalue weighted by atomic mass is 15.3. The van der Waals surface area contributed by atoms with Crippen molar-refractivity contribution in [1.82, 2.24) is 20.2 Å². The van der Waals surface area contributed by atoms with E-state index in [0.29, 0.717) is 5.71 Å². The van der Waals surface area contributed by atoms with E-state index in [1.54, 1.807) is 0 Å². The summed E-state index contributed by atoms with van der Waals surface area (Å²) in [5.74, 6) is 3.94. The zero-order valence-corrected chi connectivity index (χ0v) is 21.7. The molecule has 2 N–H and O–H groups in total. The molecule has 0 bridgehead atoms. The molecule has 0 atom stereocenters. The van der Waals surface area contributed by atoms with Crippen LogP contribution in [0, 0.1) is 31.1 Å². The molecule has 2 aromatic rings. The third-order valence-electron chi connectivity index (χ3n) is 7.34. The summed E-state index contributed by atoms with van der Waals surface area (Å²) in [5.41, 5.74) is 6.67. The van der Waals surface area contributed by atoms with Gasteiger partial charge in [0.1, 0.15) is 11.6 Å². The molecule has 6 heteroatoms. The van der Waals surface area contributed by atoms with Crippen molar-refractivity contribution in [2.45, 2.75) is 60.4 Å². The van der Waals surface area contributed by atoms with Crippen molar-refractivity contribution in [2.24, 2.45) is 11.8 Å². The number of rotatable bonds is 6. The molecule has 4 rings (SSSR count). The average Bonchev–Trinajstić information content (AvgIpc) is 2.82. The first-order valence-corrected chi connectivity index (χ1v) is 12.7. The molecule has 1 saturated heterocycles. The van der Waals surface area contributed by atoms with Gasteiger partial charge in [-0.3, -0.25) is 0 Å². The molecule has 0 saturated carbocycles. The van der Waals surface area contributed by atoms with E-state index in [2.05, 4.69) is 67.9 Å². The van der Waals surface area contributed by atoms with Crippen molar-refractivity contribution in [3.63, 3.8) is 0 Å². The third kappa shape index (κ3) is 4.96. The van der Waals surface area contributed by atoms with E-state index in [0.717, 1.165) is 56.0 Å². The summed E-state index contributed by atoms with van der Waals surface area (Å²) in [6.07, 6.45) is 5.26. The van der Waals surface area contributed by atoms with Crippen LogP contribution in [0.3, 0.4) is 0 Å². The Morgan fingerprint density at radius 1 is 1.12 bits per heavy atom. The number of aryl methyl sites for hydroxylation is 2. The van der Waals surface area contributed by atoms with Crippen LogP contribution in [0.4, 0.5) is 5.82 Å². The van der Waals surface area contributed by atoms with Crippen LogP contribution in [0.5, 0.6) is 0 Å². The van der Waals surface area contributed by atoms with Crippen molar-refractivity contribution >= 4 is 11.5 Å². The molecule has 1 aromatic carbocycles. The van der Waals surface area contributed by atoms with Gasteiger partial charge in [-0.15, -0.1) is 0 Å². The van der Waals surface area contributed by atoms with Crippen molar-refractivity contribution in [2.75, 3.05) is 31.6 Å². The summed E-state index contributed by atoms with van der Waals surface area (Å²) in [6, 6.07) is 6.42. The highest BCUT2D eigenvalue weighted by Gasteiger charge is 2.28. The minimum Gasteiger partial charge on any atom is -0.375 e. The molecule has 182 valence electrons. The summed E-state index contributed by atoms with van der Waals surface area (Å²) >= 11 is 0. The summed E-state index contributed by atoms with van der Waals surface area (Å²) < 4.78 is 0. The van der Waals surface area contributed by atoms with Gasteiger partial charge in [-0.05, 0) is 55.7 Å². The van der Waals surface area contributed by atoms with Crippen LogP contribution in [0.15, 0.2) is 30.1 Å². The maximum Gasteiger partial charge on any atom is 0.162 e. The fraction of sp³-hybridized carbons (Fsp3) is 0.536. The highest BCUT2D eigenvalue weighted by Crippen LogP contribution is 2.34. The fourth-order valence-corrected chi connectivity index (χ4v) is 5.00. The van der Waals surface area contributed by atoms with Crippen molar-refractivity contribution in [3.8, 4) is 11.4 Å². The van der Waals surface area contributed by atoms with Gasteiger partial charge in [0, 0.05) is 56.5 Å². The molecular formula is C28H40N6. The molecule has 6 nitrogen and oxygen atoms in total. The van der Waals surface area contributed by atoms with Crippen LogP contribution in [0.2, 0.25) is 0 Å². The summed E-state index contributed by atoms with van der Waals surface area (Å²) in [5, 5.41) is 11.7. The lowest BCUT2D eigenvalue weighted by molar-refractivity contribution is 0.301. The van der Waals surface area contributed by atoms with Gasteiger partial charge < -0.3 is 20.5 Å². The predicted octanol–water partition coefficient (Wildman–Crippen LogP) is 5.09. The van der Waals surface area contributed by atoms with E-state index in [-0.39, 0.29) is 5.92 Å². The van der Waals surface area contributed by atoms with Crippen molar-refractivity contribution in [1.29, 1.82) is 5.41 Å². The Morgan fingerprint density at radius 2 is 1.79 bits per heavy atom. The molecule has 2 aliphatic rings. The molecule has 0 aliphatic carbocycles. The Balaban J connectivity index is 1.77. The molecule has 0 radical (unpaired) electrons. The number of aromatic nitrogens is 2. The second kappa shape index (κ2) is 10.2. The number of benzene rings is 1. The minimum absolute atomic E-state index is 0.203. The van der Waals surface area contributed by atoms with Crippen LogP contribution in [-0.4, -0.2) is 47.3 Å². The topological polar surface area (TPSA) is 68.1 Å². The smallest absolute Gasteiger partial charge is 0.162 e. The number of hydrogen-bond acceptors (Lipinski definition) is 6. The molecule has 1 aromatic heterocycles. The van der Waals surface area contributed by atoms with E-state index < -0.39 is 0 Å². The lowest BCUT2D eigenvalue weighted by Crippen LogP contribution is -2.39. The first-order valence-electron chi connectivity index (χ1n) is 12.7. The number of allylic oxidation sites excluding steroid dienone is 1. The maximum absolute atomic E-state index is 8.35. The van der Waals surface area contributed by atoms with Crippen LogP contribution in [0.25, 0.3) is 11.4 Å². The Bertz CT molecular complexity index is 1060. The van der Waals surface area contributed by atoms with Gasteiger partial charge in [0.2, 0.25) is 0 Å². The SMILES string of the molecule is CN/C(=C\C(=N)C(C)C)N1CCc2nc(-c3c(C)cccc3C)nc(N3CCC(C)CC3)c2C1. The third-order valence-corrected chi connectivity index (χ3v) is 7.34. The number of anilines is 1. The lowest BCUT2D eigenvalue weighted by Gasteiger charge is -2.37. The van der Waals surface area contributed by atoms with E-state index >= 15 is 0 Å². The van der Waals surface area contributed by atoms with E-state index in [4.69, 9.17) is 15.4 Å². The monoisotopic (exact) mass is 460 g/mol. The number of nitrogens with one attached hydrogen (secondary N) is 2. The first kappa shape index (κ1) is 24.2. The Morgan fingerprint density at radius 3 is 2.41 bits per heavy atom. The molecule has 3 heterocycles. The van der Waals surface area contributed by atoms with Crippen LogP contribution in [0.1, 0.15) is 56.0 Å². The summed E-state index contributed by atoms with van der Waals surface area (Å²) in [4.78, 5) is 15.2. The molecule has 34 heavy (non-hydrogen) atoms. The Kier molecular flexibility index (Phi) is 7.24. The second-order valence-corrected chi connectivity index (χ2v) is 10.3. The van der Waals surface area contributed by atoms with Crippen molar-refractivity contribution < 1.29 is 0 Å². The van der Waals surface area contributed by atoms with Gasteiger partial charge in [-0.25, -0.2) is 9.97 Å². The summed E-state index contributed by atoms with van der Waals surface area (Å²) in [6.45, 7) is 14.5. The predicted molar refractivity (Wildman–Crippen MR) is 141 cm³/mol. The number of piperidine rings is 1. The molecule has 2 aliphatic heterocycles. The number of fused-ring (bicyclic) bond motifs is 1. The van der Waals surface area contributed by atoms with Gasteiger partial charge in [0.05, 0.1) is 5.69 Å². The molecule has 0 spiro atoms. The quantitative estimate of drug-likeness (QED) is 0.588. The van der Waals surface area contributed by atoms with E-state index in [1.165, 1.54) is 40.8 Å². The Hall–Kier alpha value is -2.89. The zero-order chi connectivity index (χ0) is 24.4. The highest BCUT2D eigenvalue weighted by molar-refractivity contribution is 5.94. The minimum atomic E-state index is 0.203. The van der Waals surface area contributed by atoms with E-state index in [1.807, 2.05) is 13.1 Å². The van der Waals surface area contributed by atoms with Gasteiger partial charge in [-0.1, -0.05) is 39.0 Å². The van der Waals surface area contributed by atoms with Crippen LogP contribution < -0.4 is 10.2 Å². The molecule has 0 unspecified atom stereocenters. The summed E-state index contributed by atoms with van der Waals surface area (Å²) in [7, 11) is 1.95. The first-order chi connectivity index (χ1) is 16.3. The fourth-order valence-electron chi connectivity index (χ4n) is 5.00. The average molecular weight is 461 g/mol. The van der Waals surface area contributed by atoms with Gasteiger partial charge in [-0.2, -0.15) is 0 Å². The normalized spacial score (nSPS) is 17.2. The van der Waals surface area contributed by atoms with Crippen molar-refractivity contribution in [3.05, 3.63) is 52.5 Å². The van der Waals surface area contributed by atoms with Crippen LogP contribution in [-0.2, 0) is 13.0 Å². The zero-order valence-electron chi connectivity index (χ0n) is 21.7. The maximum atomic E-state index is 8.35. The van der Waals surface area contributed by atoms with Gasteiger partial charge in [0.15, 0.2) is 5.82 Å². The van der Waals surface area contributed by atoms with Gasteiger partial charge >= 0.3 is 0 Å².